The Labute approximate surface area is 182 Å². The third-order valence-corrected chi connectivity index (χ3v) is 5.00. The van der Waals surface area contributed by atoms with Gasteiger partial charge in [0.2, 0.25) is 5.88 Å². The maximum atomic E-state index is 13.6. The van der Waals surface area contributed by atoms with Crippen LogP contribution in [-0.4, -0.2) is 31.1 Å². The van der Waals surface area contributed by atoms with Crippen LogP contribution in [0.5, 0.6) is 11.6 Å². The number of nitrogen functional groups attached to an aromatic ring is 1. The van der Waals surface area contributed by atoms with E-state index < -0.39 is 0 Å². The average Bonchev–Trinajstić information content (AvgIpc) is 3.13. The van der Waals surface area contributed by atoms with Crippen molar-refractivity contribution in [2.45, 2.75) is 0 Å². The van der Waals surface area contributed by atoms with Crippen LogP contribution in [0.2, 0.25) is 0 Å². The fraction of sp³-hybridized carbons (Fsp3) is 0.0435. The van der Waals surface area contributed by atoms with Crippen molar-refractivity contribution >= 4 is 22.7 Å². The van der Waals surface area contributed by atoms with Gasteiger partial charge in [0.25, 0.3) is 0 Å². The first-order valence-corrected chi connectivity index (χ1v) is 9.87. The van der Waals surface area contributed by atoms with E-state index in [0.29, 0.717) is 34.2 Å². The first-order valence-electron chi connectivity index (χ1n) is 9.87. The molecule has 3 N–H and O–H groups in total. The van der Waals surface area contributed by atoms with E-state index in [2.05, 4.69) is 20.3 Å². The lowest BCUT2D eigenvalue weighted by Gasteiger charge is -2.07. The number of nitrogens with zero attached hydrogens (tertiary/aromatic N) is 5. The van der Waals surface area contributed by atoms with Crippen LogP contribution in [0, 0.1) is 0 Å². The van der Waals surface area contributed by atoms with Gasteiger partial charge in [-0.3, -0.25) is 4.57 Å². The van der Waals surface area contributed by atoms with Crippen LogP contribution in [-0.2, 0) is 0 Å². The Morgan fingerprint density at radius 2 is 1.75 bits per heavy atom. The molecule has 0 fully saturated rings. The van der Waals surface area contributed by atoms with Crippen LogP contribution < -0.4 is 21.5 Å². The van der Waals surface area contributed by atoms with Gasteiger partial charge in [0.15, 0.2) is 11.5 Å². The zero-order chi connectivity index (χ0) is 22.1. The summed E-state index contributed by atoms with van der Waals surface area (Å²) in [7, 11) is 1.82. The van der Waals surface area contributed by atoms with Crippen molar-refractivity contribution in [3.05, 3.63) is 89.7 Å². The number of rotatable bonds is 5. The maximum absolute atomic E-state index is 13.6. The van der Waals surface area contributed by atoms with E-state index in [1.54, 1.807) is 36.5 Å². The van der Waals surface area contributed by atoms with Crippen molar-refractivity contribution in [1.29, 1.82) is 0 Å². The Morgan fingerprint density at radius 1 is 0.906 bits per heavy atom. The van der Waals surface area contributed by atoms with E-state index in [-0.39, 0.29) is 11.5 Å². The highest BCUT2D eigenvalue weighted by atomic mass is 16.5. The quantitative estimate of drug-likeness (QED) is 0.444. The summed E-state index contributed by atoms with van der Waals surface area (Å²) in [4.78, 5) is 26.2. The van der Waals surface area contributed by atoms with Gasteiger partial charge in [-0.2, -0.15) is 0 Å². The van der Waals surface area contributed by atoms with E-state index in [4.69, 9.17) is 10.5 Å². The number of hydrogen-bond acceptors (Lipinski definition) is 7. The molecule has 0 spiro atoms. The summed E-state index contributed by atoms with van der Waals surface area (Å²) >= 11 is 0. The summed E-state index contributed by atoms with van der Waals surface area (Å²) < 4.78 is 8.77. The van der Waals surface area contributed by atoms with Crippen LogP contribution in [0.15, 0.2) is 84.0 Å². The van der Waals surface area contributed by atoms with Crippen LogP contribution in [0.25, 0.3) is 22.5 Å². The lowest BCUT2D eigenvalue weighted by Crippen LogP contribution is -2.22. The highest BCUT2D eigenvalue weighted by Gasteiger charge is 2.20. The number of benzene rings is 2. The molecule has 9 nitrogen and oxygen atoms in total. The molecule has 0 aliphatic heterocycles. The molecule has 0 amide bonds. The number of fused-ring (bicyclic) bond motifs is 1. The normalized spacial score (nSPS) is 10.9. The highest BCUT2D eigenvalue weighted by Crippen LogP contribution is 2.26. The second kappa shape index (κ2) is 7.88. The Balaban J connectivity index is 1.65. The first-order chi connectivity index (χ1) is 15.7. The smallest absolute Gasteiger partial charge is 0.339 e. The Bertz CT molecular complexity index is 1460. The number of hydrogen-bond donors (Lipinski definition) is 2. The number of pyridine rings is 1. The first kappa shape index (κ1) is 19.3. The number of aromatic nitrogens is 5. The van der Waals surface area contributed by atoms with E-state index in [1.807, 2.05) is 43.4 Å². The molecule has 2 aromatic carbocycles. The van der Waals surface area contributed by atoms with Gasteiger partial charge in [0.05, 0.1) is 11.4 Å². The summed E-state index contributed by atoms with van der Waals surface area (Å²) in [5.74, 6) is 1.29. The van der Waals surface area contributed by atoms with Gasteiger partial charge in [-0.1, -0.05) is 12.1 Å². The van der Waals surface area contributed by atoms with Gasteiger partial charge < -0.3 is 15.8 Å². The average molecular weight is 425 g/mol. The molecule has 0 saturated carbocycles. The molecule has 0 unspecified atom stereocenters. The monoisotopic (exact) mass is 425 g/mol. The Morgan fingerprint density at radius 3 is 2.50 bits per heavy atom. The van der Waals surface area contributed by atoms with Crippen molar-refractivity contribution in [3.8, 4) is 23.0 Å². The maximum Gasteiger partial charge on any atom is 0.339 e. The summed E-state index contributed by atoms with van der Waals surface area (Å²) in [6.45, 7) is 0. The lowest BCUT2D eigenvalue weighted by atomic mass is 10.2. The zero-order valence-electron chi connectivity index (χ0n) is 17.1. The van der Waals surface area contributed by atoms with Gasteiger partial charge in [-0.15, -0.1) is 0 Å². The molecule has 0 aliphatic rings. The van der Waals surface area contributed by atoms with Crippen molar-refractivity contribution < 1.29 is 4.74 Å². The second-order valence-corrected chi connectivity index (χ2v) is 6.95. The molecule has 9 heteroatoms. The van der Waals surface area contributed by atoms with Gasteiger partial charge in [-0.05, 0) is 48.5 Å². The van der Waals surface area contributed by atoms with E-state index in [0.717, 1.165) is 5.69 Å². The Hall–Kier alpha value is -4.66. The van der Waals surface area contributed by atoms with Crippen molar-refractivity contribution in [1.82, 2.24) is 24.1 Å². The molecule has 0 atom stereocenters. The summed E-state index contributed by atoms with van der Waals surface area (Å²) in [5, 5.41) is 3.08. The molecule has 0 aliphatic carbocycles. The Kier molecular flexibility index (Phi) is 4.75. The summed E-state index contributed by atoms with van der Waals surface area (Å²) in [5.41, 5.74) is 8.87. The van der Waals surface area contributed by atoms with E-state index >= 15 is 0 Å². The van der Waals surface area contributed by atoms with Crippen molar-refractivity contribution in [2.24, 2.45) is 0 Å². The minimum absolute atomic E-state index is 0.212. The molecule has 3 aromatic heterocycles. The number of imidazole rings is 1. The predicted molar refractivity (Wildman–Crippen MR) is 123 cm³/mol. The van der Waals surface area contributed by atoms with Crippen LogP contribution in [0.1, 0.15) is 0 Å². The van der Waals surface area contributed by atoms with Crippen molar-refractivity contribution in [3.63, 3.8) is 0 Å². The third kappa shape index (κ3) is 3.31. The van der Waals surface area contributed by atoms with Gasteiger partial charge in [0, 0.05) is 25.0 Å². The van der Waals surface area contributed by atoms with Crippen molar-refractivity contribution in [2.75, 3.05) is 18.1 Å². The number of ether oxygens (including phenoxy) is 1. The standard InChI is InChI=1S/C23H19N7O2/c1-25-15-5-4-6-17(13-15)30-22-20(21(24)27-14-28-22)29(23(30)31)16-8-10-18(11-9-16)32-19-7-2-3-12-26-19/h2-14,25H,1H3,(H2,24,27,28). The molecule has 5 rings (SSSR count). The molecule has 5 aromatic rings. The zero-order valence-corrected chi connectivity index (χ0v) is 17.1. The molecule has 0 saturated heterocycles. The SMILES string of the molecule is CNc1cccc(-n2c(=O)n(-c3ccc(Oc4ccccn4)cc3)c3c(N)ncnc32)c1. The molecule has 32 heavy (non-hydrogen) atoms. The lowest BCUT2D eigenvalue weighted by molar-refractivity contribution is 0.463. The van der Waals surface area contributed by atoms with Crippen LogP contribution >= 0.6 is 0 Å². The molecular weight excluding hydrogens is 406 g/mol. The summed E-state index contributed by atoms with van der Waals surface area (Å²) in [6.07, 6.45) is 3.01. The molecule has 0 radical (unpaired) electrons. The summed E-state index contributed by atoms with van der Waals surface area (Å²) in [6, 6.07) is 20.0. The largest absolute Gasteiger partial charge is 0.439 e. The number of nitrogens with one attached hydrogen (secondary N) is 1. The molecular formula is C23H19N7O2. The topological polar surface area (TPSA) is 113 Å². The molecule has 0 bridgehead atoms. The minimum atomic E-state index is -0.307. The van der Waals surface area contributed by atoms with Gasteiger partial charge >= 0.3 is 5.69 Å². The highest BCUT2D eigenvalue weighted by molar-refractivity contribution is 5.85. The predicted octanol–water partition coefficient (Wildman–Crippen LogP) is 3.38. The molecule has 158 valence electrons. The fourth-order valence-corrected chi connectivity index (χ4v) is 3.51. The number of anilines is 2. The van der Waals surface area contributed by atoms with E-state index in [9.17, 15) is 4.79 Å². The molecule has 3 heterocycles. The minimum Gasteiger partial charge on any atom is -0.439 e. The fourth-order valence-electron chi connectivity index (χ4n) is 3.51. The van der Waals surface area contributed by atoms with E-state index in [1.165, 1.54) is 15.5 Å². The van der Waals surface area contributed by atoms with Gasteiger partial charge in [-0.25, -0.2) is 24.3 Å². The number of nitrogens with two attached hydrogens (primary N) is 1. The van der Waals surface area contributed by atoms with Crippen LogP contribution in [0.3, 0.4) is 0 Å². The van der Waals surface area contributed by atoms with Crippen LogP contribution in [0.4, 0.5) is 11.5 Å². The second-order valence-electron chi connectivity index (χ2n) is 6.95. The third-order valence-electron chi connectivity index (χ3n) is 5.00. The van der Waals surface area contributed by atoms with Gasteiger partial charge in [0.1, 0.15) is 17.6 Å².